The number of anilines is 1. The van der Waals surface area contributed by atoms with E-state index in [9.17, 15) is 0 Å². The van der Waals surface area contributed by atoms with Gasteiger partial charge in [0.15, 0.2) is 11.5 Å². The highest BCUT2D eigenvalue weighted by Gasteiger charge is 2.50. The number of ether oxygens (including phenoxy) is 3. The average molecular weight is 373 g/mol. The smallest absolute Gasteiger partial charge is 0.165 e. The lowest BCUT2D eigenvalue weighted by Crippen LogP contribution is -2.36. The maximum atomic E-state index is 6.17. The summed E-state index contributed by atoms with van der Waals surface area (Å²) in [5, 5.41) is 0. The zero-order valence-corrected chi connectivity index (χ0v) is 15.3. The molecular weight excluding hydrogens is 354 g/mol. The Morgan fingerprint density at radius 1 is 0.929 bits per heavy atom. The minimum absolute atomic E-state index is 0.218. The van der Waals surface area contributed by atoms with E-state index in [0.717, 1.165) is 29.5 Å². The summed E-state index contributed by atoms with van der Waals surface area (Å²) >= 11 is 0. The van der Waals surface area contributed by atoms with Crippen LogP contribution in [0.2, 0.25) is 0 Å². The molecular formula is C22H19N3O3. The molecule has 3 aliphatic heterocycles. The van der Waals surface area contributed by atoms with Gasteiger partial charge in [0.2, 0.25) is 0 Å². The Kier molecular flexibility index (Phi) is 3.29. The van der Waals surface area contributed by atoms with Gasteiger partial charge in [0.05, 0.1) is 23.9 Å². The summed E-state index contributed by atoms with van der Waals surface area (Å²) < 4.78 is 17.8. The quantitative estimate of drug-likeness (QED) is 0.688. The molecule has 0 N–H and O–H groups in total. The van der Waals surface area contributed by atoms with Gasteiger partial charge in [0, 0.05) is 36.3 Å². The third-order valence-electron chi connectivity index (χ3n) is 5.82. The van der Waals surface area contributed by atoms with E-state index in [2.05, 4.69) is 45.2 Å². The lowest BCUT2D eigenvalue weighted by atomic mass is 9.77. The van der Waals surface area contributed by atoms with Crippen molar-refractivity contribution < 1.29 is 14.2 Å². The Bertz CT molecular complexity index is 1060. The minimum Gasteiger partial charge on any atom is -0.492 e. The van der Waals surface area contributed by atoms with Gasteiger partial charge in [0.1, 0.15) is 25.6 Å². The zero-order chi connectivity index (χ0) is 18.6. The molecule has 0 saturated heterocycles. The number of hydrogen-bond acceptors (Lipinski definition) is 6. The largest absolute Gasteiger partial charge is 0.492 e. The molecule has 0 unspecified atom stereocenters. The molecule has 0 bridgehead atoms. The second kappa shape index (κ2) is 5.86. The standard InChI is InChI=1S/C22H19N3O3/c1-2-4-18-16(3-1)22(13-25(18)12-15-11-23-5-6-24-15)14-28-19-10-21-20(9-17(19)22)26-7-8-27-21/h1-6,9-11H,7-8,12-14H2/t22-/m0/s1. The van der Waals surface area contributed by atoms with Gasteiger partial charge in [-0.05, 0) is 17.7 Å². The molecule has 0 fully saturated rings. The first-order valence-corrected chi connectivity index (χ1v) is 9.50. The average Bonchev–Trinajstić information content (AvgIpc) is 3.26. The summed E-state index contributed by atoms with van der Waals surface area (Å²) in [4.78, 5) is 11.0. The normalized spacial score (nSPS) is 21.4. The fourth-order valence-corrected chi connectivity index (χ4v) is 4.59. The number of benzene rings is 2. The molecule has 140 valence electrons. The van der Waals surface area contributed by atoms with Crippen LogP contribution in [-0.2, 0) is 12.0 Å². The molecule has 1 atom stereocenters. The van der Waals surface area contributed by atoms with Gasteiger partial charge in [0.25, 0.3) is 0 Å². The van der Waals surface area contributed by atoms with Crippen LogP contribution in [0.1, 0.15) is 16.8 Å². The summed E-state index contributed by atoms with van der Waals surface area (Å²) in [6, 6.07) is 12.7. The van der Waals surface area contributed by atoms with Gasteiger partial charge >= 0.3 is 0 Å². The lowest BCUT2D eigenvalue weighted by molar-refractivity contribution is 0.171. The van der Waals surface area contributed by atoms with Crippen LogP contribution in [-0.4, -0.2) is 36.3 Å². The van der Waals surface area contributed by atoms with Crippen molar-refractivity contribution in [3.05, 3.63) is 71.8 Å². The molecule has 6 nitrogen and oxygen atoms in total. The first-order valence-electron chi connectivity index (χ1n) is 9.50. The van der Waals surface area contributed by atoms with Crippen LogP contribution in [0.4, 0.5) is 5.69 Å². The van der Waals surface area contributed by atoms with Crippen LogP contribution in [0, 0.1) is 0 Å². The predicted octanol–water partition coefficient (Wildman–Crippen LogP) is 2.95. The molecule has 3 aromatic rings. The van der Waals surface area contributed by atoms with Gasteiger partial charge in [-0.1, -0.05) is 18.2 Å². The summed E-state index contributed by atoms with van der Waals surface area (Å²) in [7, 11) is 0. The number of para-hydroxylation sites is 1. The molecule has 3 aliphatic rings. The van der Waals surface area contributed by atoms with Gasteiger partial charge in [-0.15, -0.1) is 0 Å². The first kappa shape index (κ1) is 15.7. The van der Waals surface area contributed by atoms with Crippen molar-refractivity contribution in [3.63, 3.8) is 0 Å². The van der Waals surface area contributed by atoms with Crippen molar-refractivity contribution >= 4 is 5.69 Å². The maximum absolute atomic E-state index is 6.17. The van der Waals surface area contributed by atoms with Crippen LogP contribution in [0.15, 0.2) is 55.0 Å². The molecule has 6 rings (SSSR count). The second-order valence-corrected chi connectivity index (χ2v) is 7.43. The van der Waals surface area contributed by atoms with Crippen molar-refractivity contribution in [3.8, 4) is 17.2 Å². The van der Waals surface area contributed by atoms with Crippen molar-refractivity contribution in [1.82, 2.24) is 9.97 Å². The van der Waals surface area contributed by atoms with E-state index in [-0.39, 0.29) is 5.41 Å². The predicted molar refractivity (Wildman–Crippen MR) is 103 cm³/mol. The zero-order valence-electron chi connectivity index (χ0n) is 15.3. The molecule has 6 heteroatoms. The van der Waals surface area contributed by atoms with E-state index >= 15 is 0 Å². The Morgan fingerprint density at radius 2 is 1.79 bits per heavy atom. The number of hydrogen-bond donors (Lipinski definition) is 0. The van der Waals surface area contributed by atoms with Crippen LogP contribution in [0.3, 0.4) is 0 Å². The molecule has 0 saturated carbocycles. The first-order chi connectivity index (χ1) is 13.8. The highest BCUT2D eigenvalue weighted by molar-refractivity contribution is 5.70. The third-order valence-corrected chi connectivity index (χ3v) is 5.82. The number of rotatable bonds is 2. The van der Waals surface area contributed by atoms with Crippen molar-refractivity contribution in [2.75, 3.05) is 31.3 Å². The summed E-state index contributed by atoms with van der Waals surface area (Å²) in [5.41, 5.74) is 4.42. The maximum Gasteiger partial charge on any atom is 0.165 e. The van der Waals surface area contributed by atoms with Gasteiger partial charge < -0.3 is 19.1 Å². The van der Waals surface area contributed by atoms with Crippen molar-refractivity contribution in [1.29, 1.82) is 0 Å². The molecule has 1 spiro atoms. The van der Waals surface area contributed by atoms with E-state index in [4.69, 9.17) is 14.2 Å². The lowest BCUT2D eigenvalue weighted by Gasteiger charge is -2.26. The highest BCUT2D eigenvalue weighted by atomic mass is 16.6. The van der Waals surface area contributed by atoms with Crippen molar-refractivity contribution in [2.24, 2.45) is 0 Å². The molecule has 1 aromatic heterocycles. The van der Waals surface area contributed by atoms with Crippen LogP contribution in [0.25, 0.3) is 0 Å². The van der Waals surface area contributed by atoms with Crippen LogP contribution in [0.5, 0.6) is 17.2 Å². The number of fused-ring (bicyclic) bond motifs is 5. The Hall–Kier alpha value is -3.28. The van der Waals surface area contributed by atoms with E-state index in [1.807, 2.05) is 12.3 Å². The van der Waals surface area contributed by atoms with Crippen LogP contribution >= 0.6 is 0 Å². The van der Waals surface area contributed by atoms with Crippen LogP contribution < -0.4 is 19.1 Å². The van der Waals surface area contributed by atoms with Gasteiger partial charge in [-0.2, -0.15) is 0 Å². The molecule has 0 amide bonds. The molecule has 0 radical (unpaired) electrons. The number of aromatic nitrogens is 2. The van der Waals surface area contributed by atoms with Gasteiger partial charge in [-0.25, -0.2) is 0 Å². The topological polar surface area (TPSA) is 56.7 Å². The Balaban J connectivity index is 1.45. The van der Waals surface area contributed by atoms with E-state index in [1.54, 1.807) is 12.4 Å². The molecule has 4 heterocycles. The summed E-state index contributed by atoms with van der Waals surface area (Å²) in [5.74, 6) is 2.46. The van der Waals surface area contributed by atoms with E-state index in [1.165, 1.54) is 16.8 Å². The van der Waals surface area contributed by atoms with Gasteiger partial charge in [-0.3, -0.25) is 9.97 Å². The number of nitrogens with zero attached hydrogens (tertiary/aromatic N) is 3. The Labute approximate surface area is 162 Å². The molecule has 2 aromatic carbocycles. The van der Waals surface area contributed by atoms with Crippen molar-refractivity contribution in [2.45, 2.75) is 12.0 Å². The monoisotopic (exact) mass is 373 g/mol. The second-order valence-electron chi connectivity index (χ2n) is 7.43. The highest BCUT2D eigenvalue weighted by Crippen LogP contribution is 2.54. The SMILES string of the molecule is c1ccc2c(c1)N(Cc1cnccn1)C[C@]21COc2cc3c(cc21)OCCO3. The third kappa shape index (κ3) is 2.21. The van der Waals surface area contributed by atoms with E-state index in [0.29, 0.717) is 26.4 Å². The summed E-state index contributed by atoms with van der Waals surface area (Å²) in [6.45, 7) is 3.31. The van der Waals surface area contributed by atoms with E-state index < -0.39 is 0 Å². The fourth-order valence-electron chi connectivity index (χ4n) is 4.59. The minimum atomic E-state index is -0.218. The molecule has 0 aliphatic carbocycles. The summed E-state index contributed by atoms with van der Waals surface area (Å²) in [6.07, 6.45) is 5.27. The Morgan fingerprint density at radius 3 is 2.64 bits per heavy atom. The fraction of sp³-hybridized carbons (Fsp3) is 0.273. The molecule has 28 heavy (non-hydrogen) atoms.